The highest BCUT2D eigenvalue weighted by atomic mass is 16.1. The molecular formula is C14H22N4O. The fraction of sp³-hybridized carbons (Fsp3) is 0.571. The molecule has 1 aliphatic carbocycles. The van der Waals surface area contributed by atoms with E-state index in [0.717, 1.165) is 12.1 Å². The van der Waals surface area contributed by atoms with Crippen molar-refractivity contribution in [3.05, 3.63) is 23.4 Å². The zero-order valence-corrected chi connectivity index (χ0v) is 11.9. The minimum atomic E-state index is -0.130. The third-order valence-electron chi connectivity index (χ3n) is 3.43. The summed E-state index contributed by atoms with van der Waals surface area (Å²) in [5.74, 6) is 6.46. The van der Waals surface area contributed by atoms with Gasteiger partial charge in [0.25, 0.3) is 5.91 Å². The highest BCUT2D eigenvalue weighted by Gasteiger charge is 2.34. The molecule has 1 fully saturated rings. The molecule has 5 nitrogen and oxygen atoms in total. The zero-order chi connectivity index (χ0) is 14.2. The summed E-state index contributed by atoms with van der Waals surface area (Å²) in [6.45, 7) is 8.30. The average molecular weight is 262 g/mol. The van der Waals surface area contributed by atoms with E-state index in [1.54, 1.807) is 6.07 Å². The van der Waals surface area contributed by atoms with Crippen LogP contribution in [0.1, 0.15) is 50.2 Å². The maximum absolute atomic E-state index is 12.2. The van der Waals surface area contributed by atoms with Crippen LogP contribution in [-0.2, 0) is 5.41 Å². The molecule has 0 bridgehead atoms. The minimum Gasteiger partial charge on any atom is -0.349 e. The van der Waals surface area contributed by atoms with Gasteiger partial charge in [-0.15, -0.1) is 0 Å². The quantitative estimate of drug-likeness (QED) is 0.573. The van der Waals surface area contributed by atoms with Crippen molar-refractivity contribution in [1.29, 1.82) is 0 Å². The van der Waals surface area contributed by atoms with Gasteiger partial charge in [0.1, 0.15) is 5.82 Å². The van der Waals surface area contributed by atoms with Gasteiger partial charge in [0.15, 0.2) is 0 Å². The Morgan fingerprint density at radius 2 is 2.05 bits per heavy atom. The normalized spacial score (nSPS) is 21.9. The summed E-state index contributed by atoms with van der Waals surface area (Å²) in [6.07, 6.45) is 1.06. The van der Waals surface area contributed by atoms with Gasteiger partial charge in [0.05, 0.1) is 0 Å². The van der Waals surface area contributed by atoms with Gasteiger partial charge in [-0.3, -0.25) is 4.79 Å². The summed E-state index contributed by atoms with van der Waals surface area (Å²) >= 11 is 0. The maximum Gasteiger partial charge on any atom is 0.251 e. The molecule has 1 aromatic rings. The molecule has 1 saturated carbocycles. The van der Waals surface area contributed by atoms with Crippen molar-refractivity contribution in [2.75, 3.05) is 5.43 Å². The molecule has 0 aliphatic heterocycles. The molecule has 0 aromatic carbocycles. The number of hydrazine groups is 1. The van der Waals surface area contributed by atoms with E-state index in [4.69, 9.17) is 5.84 Å². The molecule has 104 valence electrons. The molecule has 1 amide bonds. The van der Waals surface area contributed by atoms with Crippen molar-refractivity contribution in [3.63, 3.8) is 0 Å². The first-order valence-corrected chi connectivity index (χ1v) is 6.61. The van der Waals surface area contributed by atoms with E-state index in [2.05, 4.69) is 43.4 Å². The van der Waals surface area contributed by atoms with Crippen LogP contribution in [0.2, 0.25) is 0 Å². The van der Waals surface area contributed by atoms with Crippen LogP contribution < -0.4 is 16.6 Å². The fourth-order valence-electron chi connectivity index (χ4n) is 1.89. The Morgan fingerprint density at radius 3 is 2.53 bits per heavy atom. The highest BCUT2D eigenvalue weighted by molar-refractivity contribution is 5.95. The van der Waals surface area contributed by atoms with Crippen molar-refractivity contribution in [2.24, 2.45) is 11.8 Å². The van der Waals surface area contributed by atoms with Crippen molar-refractivity contribution in [1.82, 2.24) is 10.3 Å². The van der Waals surface area contributed by atoms with E-state index in [1.807, 2.05) is 6.07 Å². The number of nitrogens with one attached hydrogen (secondary N) is 2. The zero-order valence-electron chi connectivity index (χ0n) is 11.9. The fourth-order valence-corrected chi connectivity index (χ4v) is 1.89. The van der Waals surface area contributed by atoms with Gasteiger partial charge in [0, 0.05) is 22.7 Å². The second-order valence-corrected chi connectivity index (χ2v) is 6.31. The smallest absolute Gasteiger partial charge is 0.251 e. The molecule has 2 unspecified atom stereocenters. The van der Waals surface area contributed by atoms with Gasteiger partial charge in [-0.25, -0.2) is 10.8 Å². The van der Waals surface area contributed by atoms with Crippen LogP contribution in [0, 0.1) is 5.92 Å². The molecule has 0 saturated heterocycles. The van der Waals surface area contributed by atoms with Gasteiger partial charge in [-0.2, -0.15) is 0 Å². The summed E-state index contributed by atoms with van der Waals surface area (Å²) in [5.41, 5.74) is 3.84. The Balaban J connectivity index is 2.26. The van der Waals surface area contributed by atoms with Crippen molar-refractivity contribution < 1.29 is 4.79 Å². The van der Waals surface area contributed by atoms with Crippen LogP contribution in [-0.4, -0.2) is 16.9 Å². The monoisotopic (exact) mass is 262 g/mol. The number of rotatable bonds is 3. The third-order valence-corrected chi connectivity index (χ3v) is 3.43. The molecular weight excluding hydrogens is 240 g/mol. The molecule has 2 rings (SSSR count). The summed E-state index contributed by atoms with van der Waals surface area (Å²) in [4.78, 5) is 16.6. The van der Waals surface area contributed by atoms with Crippen molar-refractivity contribution in [2.45, 2.75) is 45.6 Å². The number of hydrogen-bond donors (Lipinski definition) is 3. The van der Waals surface area contributed by atoms with Crippen LogP contribution in [0.4, 0.5) is 5.82 Å². The predicted octanol–water partition coefficient (Wildman–Crippen LogP) is 1.80. The topological polar surface area (TPSA) is 80.0 Å². The number of carbonyl (C=O) groups excluding carboxylic acids is 1. The third kappa shape index (κ3) is 3.23. The largest absolute Gasteiger partial charge is 0.349 e. The number of anilines is 1. The highest BCUT2D eigenvalue weighted by Crippen LogP contribution is 2.29. The Bertz CT molecular complexity index is 493. The molecule has 0 spiro atoms. The summed E-state index contributed by atoms with van der Waals surface area (Å²) < 4.78 is 0. The first kappa shape index (κ1) is 13.8. The number of carbonyl (C=O) groups is 1. The van der Waals surface area contributed by atoms with E-state index in [0.29, 0.717) is 23.3 Å². The second-order valence-electron chi connectivity index (χ2n) is 6.31. The van der Waals surface area contributed by atoms with Gasteiger partial charge in [-0.1, -0.05) is 27.7 Å². The van der Waals surface area contributed by atoms with Gasteiger partial charge in [-0.05, 0) is 24.5 Å². The molecule has 5 heteroatoms. The van der Waals surface area contributed by atoms with E-state index < -0.39 is 0 Å². The standard InChI is InChI=1S/C14H22N4O/c1-8-5-10(8)16-13(19)9-6-11(14(2,3)4)17-12(7-9)18-15/h6-8,10H,5,15H2,1-4H3,(H,16,19)(H,17,18). The van der Waals surface area contributed by atoms with Gasteiger partial charge in [0.2, 0.25) is 0 Å². The lowest BCUT2D eigenvalue weighted by Gasteiger charge is -2.19. The van der Waals surface area contributed by atoms with Crippen LogP contribution in [0.25, 0.3) is 0 Å². The molecule has 2 atom stereocenters. The van der Waals surface area contributed by atoms with E-state index >= 15 is 0 Å². The lowest BCUT2D eigenvalue weighted by molar-refractivity contribution is 0.0949. The van der Waals surface area contributed by atoms with Crippen LogP contribution in [0.15, 0.2) is 12.1 Å². The van der Waals surface area contributed by atoms with E-state index in [-0.39, 0.29) is 11.3 Å². The van der Waals surface area contributed by atoms with Crippen molar-refractivity contribution >= 4 is 11.7 Å². The van der Waals surface area contributed by atoms with Gasteiger partial charge >= 0.3 is 0 Å². The number of aromatic nitrogens is 1. The number of nitrogens with two attached hydrogens (primary N) is 1. The molecule has 0 radical (unpaired) electrons. The number of nitrogens with zero attached hydrogens (tertiary/aromatic N) is 1. The first-order chi connectivity index (χ1) is 8.81. The Morgan fingerprint density at radius 1 is 1.42 bits per heavy atom. The Labute approximate surface area is 114 Å². The van der Waals surface area contributed by atoms with Gasteiger partial charge < -0.3 is 10.7 Å². The Kier molecular flexibility index (Phi) is 3.49. The summed E-state index contributed by atoms with van der Waals surface area (Å²) in [5, 5.41) is 3.01. The van der Waals surface area contributed by atoms with Crippen LogP contribution in [0.5, 0.6) is 0 Å². The Hall–Kier alpha value is -1.62. The van der Waals surface area contributed by atoms with Crippen LogP contribution >= 0.6 is 0 Å². The lowest BCUT2D eigenvalue weighted by Crippen LogP contribution is -2.28. The van der Waals surface area contributed by atoms with E-state index in [9.17, 15) is 4.79 Å². The maximum atomic E-state index is 12.2. The minimum absolute atomic E-state index is 0.0567. The summed E-state index contributed by atoms with van der Waals surface area (Å²) in [7, 11) is 0. The first-order valence-electron chi connectivity index (χ1n) is 6.61. The molecule has 1 heterocycles. The lowest BCUT2D eigenvalue weighted by atomic mass is 9.90. The number of hydrogen-bond acceptors (Lipinski definition) is 4. The predicted molar refractivity (Wildman–Crippen MR) is 75.8 cm³/mol. The molecule has 1 aliphatic rings. The van der Waals surface area contributed by atoms with E-state index in [1.165, 1.54) is 0 Å². The second kappa shape index (κ2) is 4.81. The van der Waals surface area contributed by atoms with Crippen molar-refractivity contribution in [3.8, 4) is 0 Å². The number of pyridine rings is 1. The molecule has 4 N–H and O–H groups in total. The SMILES string of the molecule is CC1CC1NC(=O)c1cc(NN)nc(C(C)(C)C)c1. The summed E-state index contributed by atoms with van der Waals surface area (Å²) in [6, 6.07) is 3.83. The van der Waals surface area contributed by atoms with Crippen LogP contribution in [0.3, 0.4) is 0 Å². The average Bonchev–Trinajstić information content (AvgIpc) is 3.03. The number of nitrogen functional groups attached to an aromatic ring is 1. The molecule has 19 heavy (non-hydrogen) atoms. The molecule has 1 aromatic heterocycles. The number of amides is 1.